The minimum Gasteiger partial charge on any atom is -0.465 e. The van der Waals surface area contributed by atoms with E-state index in [2.05, 4.69) is 36.1 Å². The van der Waals surface area contributed by atoms with Crippen molar-refractivity contribution in [1.29, 1.82) is 0 Å². The van der Waals surface area contributed by atoms with Gasteiger partial charge in [0.25, 0.3) is 0 Å². The monoisotopic (exact) mass is 251 g/mol. The van der Waals surface area contributed by atoms with Crippen LogP contribution in [0.1, 0.15) is 33.4 Å². The second kappa shape index (κ2) is 6.33. The van der Waals surface area contributed by atoms with E-state index in [1.54, 1.807) is 6.92 Å². The van der Waals surface area contributed by atoms with Gasteiger partial charge in [-0.15, -0.1) is 0 Å². The van der Waals surface area contributed by atoms with Crippen LogP contribution in [0.4, 0.5) is 5.82 Å². The number of carbonyl (C=O) groups is 1. The van der Waals surface area contributed by atoms with Crippen LogP contribution < -0.4 is 5.32 Å². The van der Waals surface area contributed by atoms with E-state index in [0.29, 0.717) is 12.4 Å². The Bertz CT molecular complexity index is 399. The van der Waals surface area contributed by atoms with Crippen LogP contribution in [-0.4, -0.2) is 29.1 Å². The molecule has 0 atom stereocenters. The van der Waals surface area contributed by atoms with Crippen LogP contribution in [0.2, 0.25) is 0 Å². The van der Waals surface area contributed by atoms with Crippen molar-refractivity contribution in [3.63, 3.8) is 0 Å². The van der Waals surface area contributed by atoms with E-state index in [9.17, 15) is 4.79 Å². The fraction of sp³-hybridized carbons (Fsp3) is 0.615. The normalized spacial score (nSPS) is 11.1. The van der Waals surface area contributed by atoms with Gasteiger partial charge in [-0.2, -0.15) is 0 Å². The van der Waals surface area contributed by atoms with E-state index >= 15 is 0 Å². The van der Waals surface area contributed by atoms with Crippen LogP contribution in [0, 0.1) is 5.41 Å². The van der Waals surface area contributed by atoms with E-state index in [1.807, 2.05) is 6.07 Å². The smallest absolute Gasteiger partial charge is 0.325 e. The molecular formula is C13H21N3O2. The SMILES string of the molecule is CCOC(=O)CNc1cc(CC(C)(C)C)ncn1. The summed E-state index contributed by atoms with van der Waals surface area (Å²) < 4.78 is 4.83. The molecule has 1 aromatic heterocycles. The van der Waals surface area contributed by atoms with E-state index in [0.717, 1.165) is 12.1 Å². The van der Waals surface area contributed by atoms with Crippen LogP contribution in [0.3, 0.4) is 0 Å². The van der Waals surface area contributed by atoms with Crippen molar-refractivity contribution in [3.05, 3.63) is 18.1 Å². The number of esters is 1. The molecule has 0 unspecified atom stereocenters. The first-order chi connectivity index (χ1) is 8.40. The standard InChI is InChI=1S/C13H21N3O2/c1-5-18-12(17)8-14-11-6-10(15-9-16-11)7-13(2,3)4/h6,9H,5,7-8H2,1-4H3,(H,14,15,16). The number of hydrogen-bond donors (Lipinski definition) is 1. The number of carbonyl (C=O) groups excluding carboxylic acids is 1. The molecule has 18 heavy (non-hydrogen) atoms. The molecule has 0 fully saturated rings. The van der Waals surface area contributed by atoms with Crippen molar-refractivity contribution in [2.45, 2.75) is 34.1 Å². The zero-order valence-electron chi connectivity index (χ0n) is 11.5. The fourth-order valence-electron chi connectivity index (χ4n) is 1.51. The number of anilines is 1. The van der Waals surface area contributed by atoms with Gasteiger partial charge in [0.1, 0.15) is 18.7 Å². The Balaban J connectivity index is 2.57. The highest BCUT2D eigenvalue weighted by atomic mass is 16.5. The van der Waals surface area contributed by atoms with Gasteiger partial charge in [0.05, 0.1) is 6.61 Å². The summed E-state index contributed by atoms with van der Waals surface area (Å²) in [7, 11) is 0. The first-order valence-electron chi connectivity index (χ1n) is 6.11. The lowest BCUT2D eigenvalue weighted by Gasteiger charge is -2.17. The van der Waals surface area contributed by atoms with Gasteiger partial charge in [0.15, 0.2) is 0 Å². The van der Waals surface area contributed by atoms with Crippen molar-refractivity contribution in [3.8, 4) is 0 Å². The first-order valence-corrected chi connectivity index (χ1v) is 6.11. The van der Waals surface area contributed by atoms with Crippen LogP contribution >= 0.6 is 0 Å². The molecule has 0 amide bonds. The van der Waals surface area contributed by atoms with Crippen molar-refractivity contribution in [2.75, 3.05) is 18.5 Å². The van der Waals surface area contributed by atoms with Crippen LogP contribution in [0.5, 0.6) is 0 Å². The van der Waals surface area contributed by atoms with E-state index in [-0.39, 0.29) is 17.9 Å². The zero-order valence-corrected chi connectivity index (χ0v) is 11.5. The Morgan fingerprint density at radius 1 is 1.39 bits per heavy atom. The van der Waals surface area contributed by atoms with Crippen molar-refractivity contribution in [2.24, 2.45) is 5.41 Å². The molecular weight excluding hydrogens is 230 g/mol. The second-order valence-electron chi connectivity index (χ2n) is 5.29. The molecule has 5 nitrogen and oxygen atoms in total. The first kappa shape index (κ1) is 14.4. The Morgan fingerprint density at radius 2 is 2.11 bits per heavy atom. The molecule has 100 valence electrons. The molecule has 1 rings (SSSR count). The number of ether oxygens (including phenoxy) is 1. The lowest BCUT2D eigenvalue weighted by atomic mass is 9.90. The molecule has 0 saturated carbocycles. The summed E-state index contributed by atoms with van der Waals surface area (Å²) in [6.45, 7) is 8.76. The van der Waals surface area contributed by atoms with E-state index < -0.39 is 0 Å². The van der Waals surface area contributed by atoms with Gasteiger partial charge in [0.2, 0.25) is 0 Å². The highest BCUT2D eigenvalue weighted by Crippen LogP contribution is 2.19. The van der Waals surface area contributed by atoms with Crippen LogP contribution in [0.25, 0.3) is 0 Å². The topological polar surface area (TPSA) is 64.1 Å². The van der Waals surface area contributed by atoms with Gasteiger partial charge in [-0.05, 0) is 18.8 Å². The third kappa shape index (κ3) is 5.61. The van der Waals surface area contributed by atoms with Gasteiger partial charge >= 0.3 is 5.97 Å². The molecule has 0 radical (unpaired) electrons. The minimum atomic E-state index is -0.284. The molecule has 5 heteroatoms. The van der Waals surface area contributed by atoms with E-state index in [4.69, 9.17) is 4.74 Å². The van der Waals surface area contributed by atoms with Gasteiger partial charge in [-0.1, -0.05) is 20.8 Å². The highest BCUT2D eigenvalue weighted by molar-refractivity contribution is 5.74. The summed E-state index contributed by atoms with van der Waals surface area (Å²) in [6, 6.07) is 1.87. The molecule has 1 heterocycles. The molecule has 1 aromatic rings. The Hall–Kier alpha value is -1.65. The minimum absolute atomic E-state index is 0.125. The summed E-state index contributed by atoms with van der Waals surface area (Å²) >= 11 is 0. The summed E-state index contributed by atoms with van der Waals surface area (Å²) in [6.07, 6.45) is 2.37. The van der Waals surface area contributed by atoms with Gasteiger partial charge in [0, 0.05) is 11.8 Å². The number of nitrogens with one attached hydrogen (secondary N) is 1. The maximum Gasteiger partial charge on any atom is 0.325 e. The molecule has 0 aliphatic carbocycles. The second-order valence-corrected chi connectivity index (χ2v) is 5.29. The van der Waals surface area contributed by atoms with E-state index in [1.165, 1.54) is 6.33 Å². The van der Waals surface area contributed by atoms with Gasteiger partial charge < -0.3 is 10.1 Å². The maximum absolute atomic E-state index is 11.2. The summed E-state index contributed by atoms with van der Waals surface area (Å²) in [5.41, 5.74) is 1.14. The third-order valence-electron chi connectivity index (χ3n) is 2.15. The molecule has 1 N–H and O–H groups in total. The average molecular weight is 251 g/mol. The molecule has 0 aliphatic heterocycles. The van der Waals surface area contributed by atoms with Crippen LogP contribution in [-0.2, 0) is 16.0 Å². The maximum atomic E-state index is 11.2. The molecule has 0 bridgehead atoms. The molecule has 0 aromatic carbocycles. The predicted molar refractivity (Wildman–Crippen MR) is 70.3 cm³/mol. The van der Waals surface area contributed by atoms with Crippen molar-refractivity contribution >= 4 is 11.8 Å². The summed E-state index contributed by atoms with van der Waals surface area (Å²) in [5.74, 6) is 0.366. The zero-order chi connectivity index (χ0) is 13.6. The van der Waals surface area contributed by atoms with Crippen molar-refractivity contribution in [1.82, 2.24) is 9.97 Å². The van der Waals surface area contributed by atoms with Crippen molar-refractivity contribution < 1.29 is 9.53 Å². The number of rotatable bonds is 5. The molecule has 0 aliphatic rings. The molecule has 0 saturated heterocycles. The quantitative estimate of drug-likeness (QED) is 0.811. The summed E-state index contributed by atoms with van der Waals surface area (Å²) in [5, 5.41) is 2.93. The predicted octanol–water partition coefficient (Wildman–Crippen LogP) is 2.04. The third-order valence-corrected chi connectivity index (χ3v) is 2.15. The number of nitrogens with zero attached hydrogens (tertiary/aromatic N) is 2. The number of hydrogen-bond acceptors (Lipinski definition) is 5. The van der Waals surface area contributed by atoms with Gasteiger partial charge in [-0.25, -0.2) is 9.97 Å². The molecule has 0 spiro atoms. The Kier molecular flexibility index (Phi) is 5.07. The lowest BCUT2D eigenvalue weighted by molar-refractivity contribution is -0.140. The summed E-state index contributed by atoms with van der Waals surface area (Å²) in [4.78, 5) is 19.5. The fourth-order valence-corrected chi connectivity index (χ4v) is 1.51. The van der Waals surface area contributed by atoms with Crippen LogP contribution in [0.15, 0.2) is 12.4 Å². The number of aromatic nitrogens is 2. The Morgan fingerprint density at radius 3 is 2.72 bits per heavy atom. The highest BCUT2D eigenvalue weighted by Gasteiger charge is 2.13. The average Bonchev–Trinajstić information content (AvgIpc) is 2.25. The lowest BCUT2D eigenvalue weighted by Crippen LogP contribution is -2.18. The van der Waals surface area contributed by atoms with Gasteiger partial charge in [-0.3, -0.25) is 4.79 Å². The largest absolute Gasteiger partial charge is 0.465 e. The Labute approximate surface area is 108 Å².